The maximum atomic E-state index is 11.1. The molecule has 2 N–H and O–H groups in total. The van der Waals surface area contributed by atoms with E-state index in [9.17, 15) is 4.79 Å². The standard InChI is InChI=1S/C15H23NO2S/c1-4-8-16-13(15(17)18)7-9-19-14-10-11(2)5-6-12(14)3/h5-6,10,13,16H,4,7-9H2,1-3H3,(H,17,18). The van der Waals surface area contributed by atoms with Gasteiger partial charge in [-0.25, -0.2) is 0 Å². The van der Waals surface area contributed by atoms with Crippen LogP contribution in [0.15, 0.2) is 23.1 Å². The lowest BCUT2D eigenvalue weighted by molar-refractivity contribution is -0.139. The number of aryl methyl sites for hydroxylation is 2. The van der Waals surface area contributed by atoms with E-state index in [0.717, 1.165) is 18.7 Å². The van der Waals surface area contributed by atoms with Crippen molar-refractivity contribution in [2.45, 2.75) is 44.6 Å². The smallest absolute Gasteiger partial charge is 0.320 e. The van der Waals surface area contributed by atoms with Crippen LogP contribution in [0.5, 0.6) is 0 Å². The molecule has 0 amide bonds. The number of aliphatic carboxylic acids is 1. The van der Waals surface area contributed by atoms with Crippen LogP contribution in [0.4, 0.5) is 0 Å². The highest BCUT2D eigenvalue weighted by molar-refractivity contribution is 7.99. The molecule has 0 bridgehead atoms. The number of carbonyl (C=O) groups is 1. The third kappa shape index (κ3) is 5.66. The lowest BCUT2D eigenvalue weighted by Gasteiger charge is -2.14. The summed E-state index contributed by atoms with van der Waals surface area (Å²) in [6, 6.07) is 5.94. The van der Waals surface area contributed by atoms with Crippen molar-refractivity contribution in [1.82, 2.24) is 5.32 Å². The molecule has 3 nitrogen and oxygen atoms in total. The number of benzene rings is 1. The Morgan fingerprint density at radius 3 is 2.79 bits per heavy atom. The van der Waals surface area contributed by atoms with Gasteiger partial charge < -0.3 is 10.4 Å². The van der Waals surface area contributed by atoms with Gasteiger partial charge in [-0.2, -0.15) is 0 Å². The van der Waals surface area contributed by atoms with Gasteiger partial charge in [-0.15, -0.1) is 11.8 Å². The van der Waals surface area contributed by atoms with Crippen molar-refractivity contribution in [2.24, 2.45) is 0 Å². The second-order valence-electron chi connectivity index (χ2n) is 4.75. The Kier molecular flexibility index (Phi) is 6.95. The summed E-state index contributed by atoms with van der Waals surface area (Å²) in [6.07, 6.45) is 1.60. The highest BCUT2D eigenvalue weighted by Crippen LogP contribution is 2.24. The Balaban J connectivity index is 2.47. The third-order valence-electron chi connectivity index (χ3n) is 2.95. The lowest BCUT2D eigenvalue weighted by atomic mass is 10.2. The normalized spacial score (nSPS) is 12.4. The molecule has 4 heteroatoms. The van der Waals surface area contributed by atoms with Crippen LogP contribution >= 0.6 is 11.8 Å². The van der Waals surface area contributed by atoms with Gasteiger partial charge in [0.15, 0.2) is 0 Å². The molecule has 1 rings (SSSR count). The van der Waals surface area contributed by atoms with Crippen LogP contribution < -0.4 is 5.32 Å². The van der Waals surface area contributed by atoms with E-state index in [2.05, 4.69) is 37.4 Å². The first-order chi connectivity index (χ1) is 9.04. The molecule has 0 aliphatic heterocycles. The summed E-state index contributed by atoms with van der Waals surface area (Å²) in [5.41, 5.74) is 2.50. The van der Waals surface area contributed by atoms with Gasteiger partial charge in [0.05, 0.1) is 0 Å². The number of carboxylic acids is 1. The first-order valence-electron chi connectivity index (χ1n) is 6.70. The molecule has 0 fully saturated rings. The molecule has 0 radical (unpaired) electrons. The van der Waals surface area contributed by atoms with Crippen LogP contribution in [0, 0.1) is 13.8 Å². The number of hydrogen-bond acceptors (Lipinski definition) is 3. The highest BCUT2D eigenvalue weighted by atomic mass is 32.2. The highest BCUT2D eigenvalue weighted by Gasteiger charge is 2.15. The average molecular weight is 281 g/mol. The van der Waals surface area contributed by atoms with Crippen molar-refractivity contribution in [3.05, 3.63) is 29.3 Å². The van der Waals surface area contributed by atoms with Gasteiger partial charge in [-0.3, -0.25) is 4.79 Å². The van der Waals surface area contributed by atoms with Gasteiger partial charge in [0, 0.05) is 10.6 Å². The van der Waals surface area contributed by atoms with E-state index in [1.807, 2.05) is 6.92 Å². The van der Waals surface area contributed by atoms with E-state index in [1.165, 1.54) is 16.0 Å². The minimum Gasteiger partial charge on any atom is -0.480 e. The molecular weight excluding hydrogens is 258 g/mol. The van der Waals surface area contributed by atoms with Gasteiger partial charge in [0.2, 0.25) is 0 Å². The van der Waals surface area contributed by atoms with Crippen LogP contribution in [0.2, 0.25) is 0 Å². The summed E-state index contributed by atoms with van der Waals surface area (Å²) in [7, 11) is 0. The molecule has 0 heterocycles. The summed E-state index contributed by atoms with van der Waals surface area (Å²) in [6.45, 7) is 6.96. The van der Waals surface area contributed by atoms with Crippen LogP contribution in [0.3, 0.4) is 0 Å². The molecule has 19 heavy (non-hydrogen) atoms. The summed E-state index contributed by atoms with van der Waals surface area (Å²) < 4.78 is 0. The molecule has 0 aliphatic rings. The van der Waals surface area contributed by atoms with Gasteiger partial charge >= 0.3 is 5.97 Å². The zero-order valence-electron chi connectivity index (χ0n) is 11.9. The molecule has 0 saturated heterocycles. The summed E-state index contributed by atoms with van der Waals surface area (Å²) >= 11 is 1.74. The molecule has 1 unspecified atom stereocenters. The van der Waals surface area contributed by atoms with Crippen molar-refractivity contribution < 1.29 is 9.90 Å². The Labute approximate surface area is 119 Å². The largest absolute Gasteiger partial charge is 0.480 e. The van der Waals surface area contributed by atoms with Crippen molar-refractivity contribution in [2.75, 3.05) is 12.3 Å². The van der Waals surface area contributed by atoms with E-state index in [1.54, 1.807) is 11.8 Å². The van der Waals surface area contributed by atoms with Crippen LogP contribution in [-0.2, 0) is 4.79 Å². The molecule has 0 spiro atoms. The monoisotopic (exact) mass is 281 g/mol. The second-order valence-corrected chi connectivity index (χ2v) is 5.89. The zero-order valence-corrected chi connectivity index (χ0v) is 12.7. The number of rotatable bonds is 8. The molecular formula is C15H23NO2S. The predicted molar refractivity (Wildman–Crippen MR) is 81.0 cm³/mol. The predicted octanol–water partition coefficient (Wildman–Crippen LogP) is 3.24. The lowest BCUT2D eigenvalue weighted by Crippen LogP contribution is -2.37. The third-order valence-corrected chi connectivity index (χ3v) is 4.14. The fourth-order valence-corrected chi connectivity index (χ4v) is 2.92. The van der Waals surface area contributed by atoms with Gasteiger partial charge in [0.25, 0.3) is 0 Å². The average Bonchev–Trinajstić information content (AvgIpc) is 2.37. The summed E-state index contributed by atoms with van der Waals surface area (Å²) in [5, 5.41) is 12.2. The molecule has 1 atom stereocenters. The molecule has 1 aromatic carbocycles. The molecule has 0 aromatic heterocycles. The number of hydrogen-bond donors (Lipinski definition) is 2. The fraction of sp³-hybridized carbons (Fsp3) is 0.533. The van der Waals surface area contributed by atoms with E-state index >= 15 is 0 Å². The Bertz CT molecular complexity index is 421. The Morgan fingerprint density at radius 1 is 1.42 bits per heavy atom. The van der Waals surface area contributed by atoms with Crippen molar-refractivity contribution in [3.8, 4) is 0 Å². The van der Waals surface area contributed by atoms with Crippen molar-refractivity contribution >= 4 is 17.7 Å². The maximum absolute atomic E-state index is 11.1. The molecule has 1 aromatic rings. The number of carboxylic acid groups (broad SMARTS) is 1. The molecule has 0 saturated carbocycles. The minimum absolute atomic E-state index is 0.433. The maximum Gasteiger partial charge on any atom is 0.320 e. The SMILES string of the molecule is CCCNC(CCSc1cc(C)ccc1C)C(=O)O. The van der Waals surface area contributed by atoms with E-state index < -0.39 is 12.0 Å². The van der Waals surface area contributed by atoms with E-state index in [-0.39, 0.29) is 0 Å². The van der Waals surface area contributed by atoms with Gasteiger partial charge in [0.1, 0.15) is 6.04 Å². The Morgan fingerprint density at radius 2 is 2.16 bits per heavy atom. The quantitative estimate of drug-likeness (QED) is 0.718. The second kappa shape index (κ2) is 8.23. The van der Waals surface area contributed by atoms with Crippen LogP contribution in [0.25, 0.3) is 0 Å². The topological polar surface area (TPSA) is 49.3 Å². The van der Waals surface area contributed by atoms with E-state index in [0.29, 0.717) is 6.42 Å². The molecule has 0 aliphatic carbocycles. The van der Waals surface area contributed by atoms with Crippen molar-refractivity contribution in [3.63, 3.8) is 0 Å². The number of thioether (sulfide) groups is 1. The van der Waals surface area contributed by atoms with E-state index in [4.69, 9.17) is 5.11 Å². The van der Waals surface area contributed by atoms with Crippen LogP contribution in [0.1, 0.15) is 30.9 Å². The fourth-order valence-electron chi connectivity index (χ4n) is 1.78. The van der Waals surface area contributed by atoms with Crippen LogP contribution in [-0.4, -0.2) is 29.4 Å². The summed E-state index contributed by atoms with van der Waals surface area (Å²) in [4.78, 5) is 12.3. The Hall–Kier alpha value is -1.00. The van der Waals surface area contributed by atoms with Crippen molar-refractivity contribution in [1.29, 1.82) is 0 Å². The van der Waals surface area contributed by atoms with Gasteiger partial charge in [-0.1, -0.05) is 24.6 Å². The molecule has 106 valence electrons. The number of nitrogens with one attached hydrogen (secondary N) is 1. The first-order valence-corrected chi connectivity index (χ1v) is 7.69. The zero-order chi connectivity index (χ0) is 14.3. The first kappa shape index (κ1) is 16.1. The summed E-state index contributed by atoms with van der Waals surface area (Å²) in [5.74, 6) is 0.0628. The minimum atomic E-state index is -0.755. The van der Waals surface area contributed by atoms with Gasteiger partial charge in [-0.05, 0) is 44.9 Å².